The van der Waals surface area contributed by atoms with E-state index in [1.807, 2.05) is 83.1 Å². The van der Waals surface area contributed by atoms with Gasteiger partial charge < -0.3 is 10.2 Å². The molecule has 1 N–H and O–H groups in total. The van der Waals surface area contributed by atoms with Gasteiger partial charge in [0.1, 0.15) is 6.04 Å². The van der Waals surface area contributed by atoms with Crippen LogP contribution in [0.1, 0.15) is 49.4 Å². The van der Waals surface area contributed by atoms with Crippen molar-refractivity contribution in [1.29, 1.82) is 0 Å². The molecule has 0 fully saturated rings. The van der Waals surface area contributed by atoms with Crippen LogP contribution < -0.4 is 5.32 Å². The minimum atomic E-state index is -0.485. The Kier molecular flexibility index (Phi) is 7.80. The molecule has 0 aliphatic carbocycles. The Bertz CT molecular complexity index is 779. The number of carbonyl (C=O) groups is 2. The highest BCUT2D eigenvalue weighted by Crippen LogP contribution is 2.16. The Morgan fingerprint density at radius 2 is 1.39 bits per heavy atom. The lowest BCUT2D eigenvalue weighted by Crippen LogP contribution is -2.50. The molecular weight excluding hydrogens is 348 g/mol. The topological polar surface area (TPSA) is 49.4 Å². The number of nitrogens with one attached hydrogen (secondary N) is 1. The molecule has 0 aliphatic heterocycles. The smallest absolute Gasteiger partial charge is 0.243 e. The van der Waals surface area contributed by atoms with Crippen molar-refractivity contribution in [2.45, 2.75) is 66.1 Å². The molecule has 2 aromatic carbocycles. The average molecular weight is 381 g/mol. The van der Waals surface area contributed by atoms with Crippen LogP contribution in [0.5, 0.6) is 0 Å². The van der Waals surface area contributed by atoms with Gasteiger partial charge in [0.2, 0.25) is 11.8 Å². The molecule has 0 bridgehead atoms. The van der Waals surface area contributed by atoms with Crippen molar-refractivity contribution < 1.29 is 9.59 Å². The first-order valence-electron chi connectivity index (χ1n) is 10.0. The molecule has 0 saturated carbocycles. The summed E-state index contributed by atoms with van der Waals surface area (Å²) in [5.41, 5.74) is 4.32. The molecule has 4 heteroatoms. The highest BCUT2D eigenvalue weighted by molar-refractivity contribution is 5.88. The third kappa shape index (κ3) is 6.22. The summed E-state index contributed by atoms with van der Waals surface area (Å²) in [6.45, 7) is 10.3. The van der Waals surface area contributed by atoms with E-state index < -0.39 is 6.04 Å². The molecule has 0 aliphatic rings. The number of nitrogens with zero attached hydrogens (tertiary/aromatic N) is 1. The Morgan fingerprint density at radius 3 is 1.86 bits per heavy atom. The zero-order valence-corrected chi connectivity index (χ0v) is 17.7. The first-order valence-corrected chi connectivity index (χ1v) is 10.0. The summed E-state index contributed by atoms with van der Waals surface area (Å²) < 4.78 is 0. The van der Waals surface area contributed by atoms with Gasteiger partial charge in [-0.2, -0.15) is 0 Å². The lowest BCUT2D eigenvalue weighted by atomic mass is 10.0. The second-order valence-electron chi connectivity index (χ2n) is 7.76. The first kappa shape index (κ1) is 21.7. The minimum Gasteiger partial charge on any atom is -0.352 e. The molecule has 0 radical (unpaired) electrons. The number of rotatable bonds is 8. The van der Waals surface area contributed by atoms with Crippen molar-refractivity contribution in [3.63, 3.8) is 0 Å². The van der Waals surface area contributed by atoms with E-state index >= 15 is 0 Å². The molecule has 4 nitrogen and oxygen atoms in total. The molecule has 150 valence electrons. The van der Waals surface area contributed by atoms with E-state index in [4.69, 9.17) is 0 Å². The number of carbonyl (C=O) groups excluding carboxylic acids is 2. The highest BCUT2D eigenvalue weighted by atomic mass is 16.2. The fraction of sp³-hybridized carbons (Fsp3) is 0.417. The third-order valence-corrected chi connectivity index (χ3v) is 4.77. The second-order valence-corrected chi connectivity index (χ2v) is 7.76. The van der Waals surface area contributed by atoms with E-state index in [0.717, 1.165) is 16.7 Å². The predicted octanol–water partition coefficient (Wildman–Crippen LogP) is 4.18. The zero-order valence-electron chi connectivity index (χ0n) is 17.7. The van der Waals surface area contributed by atoms with Crippen LogP contribution in [-0.4, -0.2) is 28.8 Å². The van der Waals surface area contributed by atoms with Gasteiger partial charge in [0.25, 0.3) is 0 Å². The summed E-state index contributed by atoms with van der Waals surface area (Å²) in [6, 6.07) is 15.6. The summed E-state index contributed by atoms with van der Waals surface area (Å²) >= 11 is 0. The van der Waals surface area contributed by atoms with Crippen LogP contribution in [0.4, 0.5) is 0 Å². The molecule has 0 heterocycles. The quantitative estimate of drug-likeness (QED) is 0.747. The lowest BCUT2D eigenvalue weighted by molar-refractivity contribution is -0.141. The number of amides is 2. The maximum absolute atomic E-state index is 13.2. The summed E-state index contributed by atoms with van der Waals surface area (Å²) in [5.74, 6) is -0.128. The van der Waals surface area contributed by atoms with E-state index in [1.54, 1.807) is 4.90 Å². The van der Waals surface area contributed by atoms with E-state index in [2.05, 4.69) is 5.32 Å². The van der Waals surface area contributed by atoms with E-state index in [1.165, 1.54) is 5.56 Å². The Hall–Kier alpha value is -2.62. The molecule has 0 spiro atoms. The van der Waals surface area contributed by atoms with Crippen LogP contribution in [-0.2, 0) is 22.6 Å². The normalized spacial score (nSPS) is 11.9. The van der Waals surface area contributed by atoms with Crippen LogP contribution in [0.15, 0.2) is 48.5 Å². The summed E-state index contributed by atoms with van der Waals surface area (Å²) in [6.07, 6.45) is 0.863. The fourth-order valence-electron chi connectivity index (χ4n) is 3.17. The van der Waals surface area contributed by atoms with Crippen molar-refractivity contribution in [1.82, 2.24) is 10.2 Å². The summed E-state index contributed by atoms with van der Waals surface area (Å²) in [7, 11) is 0. The Morgan fingerprint density at radius 1 is 0.893 bits per heavy atom. The van der Waals surface area contributed by atoms with E-state index in [9.17, 15) is 9.59 Å². The van der Waals surface area contributed by atoms with Crippen molar-refractivity contribution in [3.05, 3.63) is 70.8 Å². The molecule has 1 atom stereocenters. The number of hydrogen-bond acceptors (Lipinski definition) is 2. The average Bonchev–Trinajstić information content (AvgIpc) is 2.64. The SMILES string of the molecule is CCC(C(=O)NC(C)C)N(Cc1ccc(C)cc1)C(=O)Cc1ccc(C)cc1. The largest absolute Gasteiger partial charge is 0.352 e. The Labute approximate surface area is 169 Å². The van der Waals surface area contributed by atoms with Crippen LogP contribution in [0.2, 0.25) is 0 Å². The third-order valence-electron chi connectivity index (χ3n) is 4.77. The van der Waals surface area contributed by atoms with Gasteiger partial charge in [-0.15, -0.1) is 0 Å². The highest BCUT2D eigenvalue weighted by Gasteiger charge is 2.28. The second kappa shape index (κ2) is 10.1. The molecule has 2 rings (SSSR count). The zero-order chi connectivity index (χ0) is 20.7. The van der Waals surface area contributed by atoms with Gasteiger partial charge in [0.05, 0.1) is 6.42 Å². The van der Waals surface area contributed by atoms with Gasteiger partial charge in [-0.3, -0.25) is 9.59 Å². The molecular formula is C24H32N2O2. The maximum Gasteiger partial charge on any atom is 0.243 e. The van der Waals surface area contributed by atoms with Crippen molar-refractivity contribution in [2.75, 3.05) is 0 Å². The van der Waals surface area contributed by atoms with Crippen molar-refractivity contribution >= 4 is 11.8 Å². The van der Waals surface area contributed by atoms with Crippen LogP contribution in [0.3, 0.4) is 0 Å². The minimum absolute atomic E-state index is 0.0322. The van der Waals surface area contributed by atoms with Gasteiger partial charge in [0.15, 0.2) is 0 Å². The molecule has 28 heavy (non-hydrogen) atoms. The van der Waals surface area contributed by atoms with Gasteiger partial charge in [-0.05, 0) is 45.2 Å². The number of aryl methyl sites for hydroxylation is 2. The van der Waals surface area contributed by atoms with Crippen molar-refractivity contribution in [3.8, 4) is 0 Å². The summed E-state index contributed by atoms with van der Waals surface area (Å²) in [4.78, 5) is 27.7. The van der Waals surface area contributed by atoms with Crippen LogP contribution in [0.25, 0.3) is 0 Å². The van der Waals surface area contributed by atoms with Crippen LogP contribution >= 0.6 is 0 Å². The fourth-order valence-corrected chi connectivity index (χ4v) is 3.17. The standard InChI is InChI=1S/C24H32N2O2/c1-6-22(24(28)25-17(2)3)26(16-21-13-9-19(5)10-14-21)23(27)15-20-11-7-18(4)8-12-20/h7-14,17,22H,6,15-16H2,1-5H3,(H,25,28). The predicted molar refractivity (Wildman–Crippen MR) is 114 cm³/mol. The molecule has 2 aromatic rings. The van der Waals surface area contributed by atoms with Crippen molar-refractivity contribution in [2.24, 2.45) is 0 Å². The maximum atomic E-state index is 13.2. The molecule has 0 saturated heterocycles. The van der Waals surface area contributed by atoms with Gasteiger partial charge in [0, 0.05) is 12.6 Å². The monoisotopic (exact) mass is 380 g/mol. The molecule has 2 amide bonds. The number of benzene rings is 2. The molecule has 0 aromatic heterocycles. The van der Waals surface area contributed by atoms with Gasteiger partial charge >= 0.3 is 0 Å². The van der Waals surface area contributed by atoms with Gasteiger partial charge in [-0.1, -0.05) is 66.6 Å². The Balaban J connectivity index is 2.27. The number of hydrogen-bond donors (Lipinski definition) is 1. The molecule has 1 unspecified atom stereocenters. The first-order chi connectivity index (χ1) is 13.3. The summed E-state index contributed by atoms with van der Waals surface area (Å²) in [5, 5.41) is 2.96. The lowest BCUT2D eigenvalue weighted by Gasteiger charge is -2.31. The van der Waals surface area contributed by atoms with Gasteiger partial charge in [-0.25, -0.2) is 0 Å². The van der Waals surface area contributed by atoms with E-state index in [0.29, 0.717) is 13.0 Å². The van der Waals surface area contributed by atoms with E-state index in [-0.39, 0.29) is 24.3 Å². The van der Waals surface area contributed by atoms with Crippen LogP contribution in [0, 0.1) is 13.8 Å².